The molecule has 1 aromatic carbocycles. The van der Waals surface area contributed by atoms with E-state index in [0.29, 0.717) is 0 Å². The number of nitrogens with one attached hydrogen (secondary N) is 1. The number of carbonyl (C=O) groups excluding carboxylic acids is 1. The standard InChI is InChI=1S/C19H27BrN4O2Si/c1-12(26-27(5,6)19(2,3)4)16-17(21-18(16)25)24-11-15(22-23-24)13-7-9-14(20)10-8-13/h7-12,16-17H,1-6H3,(H,21,25)/t12-,16-,17-/m1/s1. The van der Waals surface area contributed by atoms with Gasteiger partial charge in [-0.05, 0) is 37.2 Å². The monoisotopic (exact) mass is 450 g/mol. The first-order valence-corrected chi connectivity index (χ1v) is 12.9. The highest BCUT2D eigenvalue weighted by Crippen LogP contribution is 2.40. The van der Waals surface area contributed by atoms with Gasteiger partial charge in [0.1, 0.15) is 17.8 Å². The van der Waals surface area contributed by atoms with Gasteiger partial charge in [0.15, 0.2) is 8.32 Å². The number of carbonyl (C=O) groups is 1. The maximum atomic E-state index is 12.3. The summed E-state index contributed by atoms with van der Waals surface area (Å²) in [7, 11) is -1.96. The van der Waals surface area contributed by atoms with Crippen molar-refractivity contribution < 1.29 is 9.22 Å². The summed E-state index contributed by atoms with van der Waals surface area (Å²) in [6.07, 6.45) is 1.47. The van der Waals surface area contributed by atoms with Crippen molar-refractivity contribution in [3.8, 4) is 11.3 Å². The number of amides is 1. The molecule has 0 radical (unpaired) electrons. The minimum atomic E-state index is -1.96. The van der Waals surface area contributed by atoms with Crippen LogP contribution < -0.4 is 5.32 Å². The van der Waals surface area contributed by atoms with E-state index in [2.05, 4.69) is 65.4 Å². The van der Waals surface area contributed by atoms with Gasteiger partial charge in [-0.1, -0.05) is 54.0 Å². The molecule has 3 atom stereocenters. The maximum Gasteiger partial charge on any atom is 0.231 e. The summed E-state index contributed by atoms with van der Waals surface area (Å²) >= 11 is 3.44. The van der Waals surface area contributed by atoms with Crippen LogP contribution in [0.1, 0.15) is 33.9 Å². The van der Waals surface area contributed by atoms with Crippen LogP contribution in [-0.2, 0) is 9.22 Å². The van der Waals surface area contributed by atoms with Gasteiger partial charge in [-0.2, -0.15) is 0 Å². The van der Waals surface area contributed by atoms with Crippen molar-refractivity contribution in [1.82, 2.24) is 20.3 Å². The summed E-state index contributed by atoms with van der Waals surface area (Å²) in [5, 5.41) is 11.5. The van der Waals surface area contributed by atoms with Gasteiger partial charge in [-0.15, -0.1) is 5.10 Å². The maximum absolute atomic E-state index is 12.3. The van der Waals surface area contributed by atoms with Crippen LogP contribution in [0.2, 0.25) is 18.1 Å². The lowest BCUT2D eigenvalue weighted by molar-refractivity contribution is -0.144. The number of halogens is 1. The number of hydrogen-bond acceptors (Lipinski definition) is 4. The summed E-state index contributed by atoms with van der Waals surface area (Å²) in [5.41, 5.74) is 1.76. The molecule has 0 bridgehead atoms. The van der Waals surface area contributed by atoms with Crippen LogP contribution in [-0.4, -0.2) is 35.3 Å². The zero-order valence-corrected chi connectivity index (χ0v) is 19.2. The second-order valence-corrected chi connectivity index (χ2v) is 14.3. The van der Waals surface area contributed by atoms with Gasteiger partial charge < -0.3 is 9.74 Å². The van der Waals surface area contributed by atoms with E-state index < -0.39 is 8.32 Å². The molecule has 0 saturated carbocycles. The Morgan fingerprint density at radius 2 is 1.89 bits per heavy atom. The van der Waals surface area contributed by atoms with Crippen LogP contribution in [0.15, 0.2) is 34.9 Å². The molecule has 0 spiro atoms. The average molecular weight is 451 g/mol. The summed E-state index contributed by atoms with van der Waals surface area (Å²) in [4.78, 5) is 12.3. The highest BCUT2D eigenvalue weighted by Gasteiger charge is 2.48. The molecule has 1 saturated heterocycles. The highest BCUT2D eigenvalue weighted by molar-refractivity contribution is 9.10. The van der Waals surface area contributed by atoms with Crippen molar-refractivity contribution in [1.29, 1.82) is 0 Å². The van der Waals surface area contributed by atoms with Gasteiger partial charge in [-0.25, -0.2) is 4.68 Å². The molecule has 1 fully saturated rings. The molecule has 2 heterocycles. The minimum absolute atomic E-state index is 0.00639. The Morgan fingerprint density at radius 3 is 2.44 bits per heavy atom. The van der Waals surface area contributed by atoms with E-state index >= 15 is 0 Å². The van der Waals surface area contributed by atoms with E-state index in [1.54, 1.807) is 4.68 Å². The fraction of sp³-hybridized carbons (Fsp3) is 0.526. The Kier molecular flexibility index (Phi) is 5.35. The lowest BCUT2D eigenvalue weighted by atomic mass is 9.92. The van der Waals surface area contributed by atoms with Crippen LogP contribution in [0.3, 0.4) is 0 Å². The third-order valence-electron chi connectivity index (χ3n) is 5.66. The van der Waals surface area contributed by atoms with Gasteiger partial charge in [0.2, 0.25) is 5.91 Å². The minimum Gasteiger partial charge on any atom is -0.413 e. The first-order valence-electron chi connectivity index (χ1n) is 9.15. The van der Waals surface area contributed by atoms with E-state index in [-0.39, 0.29) is 29.1 Å². The number of aromatic nitrogens is 3. The first kappa shape index (κ1) is 20.2. The largest absolute Gasteiger partial charge is 0.413 e. The van der Waals surface area contributed by atoms with Gasteiger partial charge in [0.25, 0.3) is 0 Å². The van der Waals surface area contributed by atoms with Crippen LogP contribution in [0, 0.1) is 5.92 Å². The second-order valence-electron chi connectivity index (χ2n) is 8.65. The van der Waals surface area contributed by atoms with Gasteiger partial charge in [0, 0.05) is 10.0 Å². The topological polar surface area (TPSA) is 69.0 Å². The summed E-state index contributed by atoms with van der Waals surface area (Å²) < 4.78 is 9.19. The van der Waals surface area contributed by atoms with Crippen LogP contribution >= 0.6 is 15.9 Å². The Hall–Kier alpha value is -1.51. The molecule has 8 heteroatoms. The molecule has 6 nitrogen and oxygen atoms in total. The van der Waals surface area contributed by atoms with Crippen molar-refractivity contribution in [3.05, 3.63) is 34.9 Å². The highest BCUT2D eigenvalue weighted by atomic mass is 79.9. The third-order valence-corrected chi connectivity index (χ3v) is 10.8. The normalized spacial score (nSPS) is 21.5. The van der Waals surface area contributed by atoms with Crippen molar-refractivity contribution in [3.63, 3.8) is 0 Å². The first-order chi connectivity index (χ1) is 12.5. The van der Waals surface area contributed by atoms with Crippen LogP contribution in [0.4, 0.5) is 0 Å². The van der Waals surface area contributed by atoms with E-state index in [4.69, 9.17) is 4.43 Å². The second kappa shape index (κ2) is 7.14. The Balaban J connectivity index is 1.76. The molecule has 1 amide bonds. The van der Waals surface area contributed by atoms with Crippen LogP contribution in [0.5, 0.6) is 0 Å². The SMILES string of the molecule is C[C@@H](O[Si](C)(C)C(C)(C)C)[C@H]1C(=O)N[C@@H]1n1cc(-c2ccc(Br)cc2)nn1. The van der Waals surface area contributed by atoms with E-state index in [9.17, 15) is 4.79 Å². The predicted octanol–water partition coefficient (Wildman–Crippen LogP) is 4.36. The molecule has 0 unspecified atom stereocenters. The van der Waals surface area contributed by atoms with Crippen LogP contribution in [0.25, 0.3) is 11.3 Å². The molecule has 146 valence electrons. The fourth-order valence-electron chi connectivity index (χ4n) is 2.96. The van der Waals surface area contributed by atoms with Crippen molar-refractivity contribution in [2.45, 2.75) is 58.1 Å². The number of rotatable bonds is 5. The predicted molar refractivity (Wildman–Crippen MR) is 112 cm³/mol. The molecule has 0 aliphatic carbocycles. The molecular formula is C19H27BrN4O2Si. The van der Waals surface area contributed by atoms with Gasteiger partial charge in [-0.3, -0.25) is 4.79 Å². The number of benzene rings is 1. The zero-order chi connectivity index (χ0) is 20.0. The smallest absolute Gasteiger partial charge is 0.231 e. The Morgan fingerprint density at radius 1 is 1.26 bits per heavy atom. The van der Waals surface area contributed by atoms with Crippen molar-refractivity contribution in [2.24, 2.45) is 5.92 Å². The summed E-state index contributed by atoms with van der Waals surface area (Å²) in [5.74, 6) is -0.259. The Labute approximate surface area is 169 Å². The summed E-state index contributed by atoms with van der Waals surface area (Å²) in [6, 6.07) is 7.91. The van der Waals surface area contributed by atoms with Crippen molar-refractivity contribution >= 4 is 30.2 Å². The number of β-lactam (4-membered cyclic amide) rings is 1. The van der Waals surface area contributed by atoms with E-state index in [1.165, 1.54) is 0 Å². The molecule has 1 aliphatic heterocycles. The zero-order valence-electron chi connectivity index (χ0n) is 16.7. The quantitative estimate of drug-likeness (QED) is 0.542. The van der Waals surface area contributed by atoms with Crippen molar-refractivity contribution in [2.75, 3.05) is 0 Å². The molecule has 27 heavy (non-hydrogen) atoms. The lowest BCUT2D eigenvalue weighted by Gasteiger charge is -2.45. The number of hydrogen-bond donors (Lipinski definition) is 1. The van der Waals surface area contributed by atoms with E-state index in [0.717, 1.165) is 15.7 Å². The average Bonchev–Trinajstić information content (AvgIpc) is 3.00. The lowest BCUT2D eigenvalue weighted by Crippen LogP contribution is -2.60. The Bertz CT molecular complexity index is 829. The van der Waals surface area contributed by atoms with E-state index in [1.807, 2.05) is 37.4 Å². The third kappa shape index (κ3) is 4.02. The molecule has 1 aliphatic rings. The molecule has 3 rings (SSSR count). The number of nitrogens with zero attached hydrogens (tertiary/aromatic N) is 3. The summed E-state index contributed by atoms with van der Waals surface area (Å²) in [6.45, 7) is 13.0. The molecule has 1 N–H and O–H groups in total. The molecule has 2 aromatic rings. The van der Waals surface area contributed by atoms with Gasteiger partial charge in [0.05, 0.1) is 12.3 Å². The van der Waals surface area contributed by atoms with Gasteiger partial charge >= 0.3 is 0 Å². The molecule has 1 aromatic heterocycles. The molecular weight excluding hydrogens is 424 g/mol. The fourth-order valence-corrected chi connectivity index (χ4v) is 4.65.